The van der Waals surface area contributed by atoms with Crippen LogP contribution in [0, 0.1) is 6.92 Å². The van der Waals surface area contributed by atoms with Crippen molar-refractivity contribution in [3.63, 3.8) is 0 Å². The molecule has 0 aromatic heterocycles. The number of phenols is 1. The molecule has 0 aliphatic rings. The highest BCUT2D eigenvalue weighted by atomic mass is 79.9. The second-order valence-electron chi connectivity index (χ2n) is 4.65. The Morgan fingerprint density at radius 2 is 2.00 bits per heavy atom. The molecule has 0 aliphatic heterocycles. The van der Waals surface area contributed by atoms with Crippen LogP contribution in [-0.2, 0) is 0 Å². The van der Waals surface area contributed by atoms with Gasteiger partial charge in [-0.2, -0.15) is 0 Å². The fraction of sp³-hybridized carbons (Fsp3) is 0.188. The topological polar surface area (TPSA) is 40.5 Å². The van der Waals surface area contributed by atoms with Gasteiger partial charge >= 0.3 is 0 Å². The Balaban J connectivity index is 2.43. The van der Waals surface area contributed by atoms with E-state index in [4.69, 9.17) is 11.6 Å². The number of phenolic OH excluding ortho intramolecular Hbond substituents is 1. The van der Waals surface area contributed by atoms with E-state index < -0.39 is 0 Å². The summed E-state index contributed by atoms with van der Waals surface area (Å²) in [6.45, 7) is 4.30. The molecule has 110 valence electrons. The molecule has 1 amide bonds. The van der Waals surface area contributed by atoms with E-state index in [-0.39, 0.29) is 11.7 Å². The number of halogens is 2. The number of hydrogen-bond donors (Lipinski definition) is 1. The minimum Gasteiger partial charge on any atom is -0.508 e. The van der Waals surface area contributed by atoms with E-state index in [0.717, 1.165) is 5.56 Å². The summed E-state index contributed by atoms with van der Waals surface area (Å²) in [6.07, 6.45) is 0. The van der Waals surface area contributed by atoms with Crippen LogP contribution in [0.15, 0.2) is 40.9 Å². The number of carbonyl (C=O) groups is 1. The van der Waals surface area contributed by atoms with Crippen LogP contribution in [0.2, 0.25) is 5.02 Å². The van der Waals surface area contributed by atoms with Crippen molar-refractivity contribution in [3.8, 4) is 5.75 Å². The third-order valence-corrected chi connectivity index (χ3v) is 4.43. The normalized spacial score (nSPS) is 10.5. The predicted molar refractivity (Wildman–Crippen MR) is 89.3 cm³/mol. The van der Waals surface area contributed by atoms with Crippen LogP contribution in [0.5, 0.6) is 5.75 Å². The van der Waals surface area contributed by atoms with E-state index in [0.29, 0.717) is 27.3 Å². The molecule has 0 heterocycles. The second kappa shape index (κ2) is 6.50. The maximum atomic E-state index is 12.7. The van der Waals surface area contributed by atoms with E-state index in [9.17, 15) is 9.90 Å². The quantitative estimate of drug-likeness (QED) is 0.846. The molecule has 0 saturated heterocycles. The number of amides is 1. The largest absolute Gasteiger partial charge is 0.508 e. The number of nitrogens with zero attached hydrogens (tertiary/aromatic N) is 1. The molecule has 21 heavy (non-hydrogen) atoms. The van der Waals surface area contributed by atoms with Crippen LogP contribution in [0.25, 0.3) is 0 Å². The molecule has 0 unspecified atom stereocenters. The number of aromatic hydroxyl groups is 1. The van der Waals surface area contributed by atoms with Gasteiger partial charge in [0, 0.05) is 22.6 Å². The summed E-state index contributed by atoms with van der Waals surface area (Å²) in [5, 5.41) is 10.2. The Hall–Kier alpha value is -1.52. The highest BCUT2D eigenvalue weighted by molar-refractivity contribution is 9.10. The molecule has 0 spiro atoms. The lowest BCUT2D eigenvalue weighted by molar-refractivity contribution is 0.0988. The Morgan fingerprint density at radius 1 is 1.29 bits per heavy atom. The molecular formula is C16H15BrClNO2. The van der Waals surface area contributed by atoms with Crippen LogP contribution >= 0.6 is 27.5 Å². The number of carbonyl (C=O) groups excluding carboxylic acids is 1. The van der Waals surface area contributed by atoms with Gasteiger partial charge in [0.25, 0.3) is 5.91 Å². The van der Waals surface area contributed by atoms with E-state index in [1.165, 1.54) is 0 Å². The molecular weight excluding hydrogens is 354 g/mol. The van der Waals surface area contributed by atoms with Gasteiger partial charge in [-0.15, -0.1) is 0 Å². The lowest BCUT2D eigenvalue weighted by atomic mass is 10.1. The van der Waals surface area contributed by atoms with Crippen molar-refractivity contribution in [2.45, 2.75) is 13.8 Å². The molecule has 0 radical (unpaired) electrons. The second-order valence-corrected chi connectivity index (χ2v) is 5.91. The van der Waals surface area contributed by atoms with E-state index in [1.807, 2.05) is 13.8 Å². The van der Waals surface area contributed by atoms with Gasteiger partial charge in [0.2, 0.25) is 0 Å². The first-order chi connectivity index (χ1) is 9.93. The van der Waals surface area contributed by atoms with Gasteiger partial charge in [-0.3, -0.25) is 4.79 Å². The Bertz CT molecular complexity index is 688. The summed E-state index contributed by atoms with van der Waals surface area (Å²) < 4.78 is 0.679. The Kier molecular flexibility index (Phi) is 4.91. The van der Waals surface area contributed by atoms with Gasteiger partial charge in [-0.25, -0.2) is 0 Å². The third kappa shape index (κ3) is 3.39. The lowest BCUT2D eigenvalue weighted by Crippen LogP contribution is -2.31. The third-order valence-electron chi connectivity index (χ3n) is 3.21. The molecule has 5 heteroatoms. The minimum atomic E-state index is -0.136. The minimum absolute atomic E-state index is 0.136. The molecule has 0 aliphatic carbocycles. The van der Waals surface area contributed by atoms with Crippen LogP contribution in [0.3, 0.4) is 0 Å². The first kappa shape index (κ1) is 15.9. The molecule has 2 aromatic rings. The van der Waals surface area contributed by atoms with Crippen LogP contribution in [-0.4, -0.2) is 17.6 Å². The van der Waals surface area contributed by atoms with Gasteiger partial charge in [0.15, 0.2) is 0 Å². The SMILES string of the molecule is CCN(C(=O)c1ccc(Cl)c(Br)c1)c1cc(O)ccc1C. The monoisotopic (exact) mass is 367 g/mol. The number of benzene rings is 2. The van der Waals surface area contributed by atoms with Crippen LogP contribution < -0.4 is 4.90 Å². The van der Waals surface area contributed by atoms with E-state index in [1.54, 1.807) is 41.3 Å². The van der Waals surface area contributed by atoms with Crippen LogP contribution in [0.4, 0.5) is 5.69 Å². The summed E-state index contributed by atoms with van der Waals surface area (Å²) in [4.78, 5) is 14.3. The average molecular weight is 369 g/mol. The van der Waals surface area contributed by atoms with Crippen molar-refractivity contribution in [3.05, 3.63) is 57.0 Å². The molecule has 1 N–H and O–H groups in total. The van der Waals surface area contributed by atoms with E-state index in [2.05, 4.69) is 15.9 Å². The van der Waals surface area contributed by atoms with Gasteiger partial charge in [0.1, 0.15) is 5.75 Å². The number of aryl methyl sites for hydroxylation is 1. The van der Waals surface area contributed by atoms with Crippen LogP contribution in [0.1, 0.15) is 22.8 Å². The molecule has 3 nitrogen and oxygen atoms in total. The summed E-state index contributed by atoms with van der Waals surface area (Å²) >= 11 is 9.28. The predicted octanol–water partition coefficient (Wildman–Crippen LogP) is 4.78. The molecule has 2 aromatic carbocycles. The highest BCUT2D eigenvalue weighted by Gasteiger charge is 2.19. The summed E-state index contributed by atoms with van der Waals surface area (Å²) in [7, 11) is 0. The first-order valence-electron chi connectivity index (χ1n) is 6.50. The first-order valence-corrected chi connectivity index (χ1v) is 7.67. The molecule has 2 rings (SSSR count). The maximum absolute atomic E-state index is 12.7. The Labute approximate surface area is 137 Å². The van der Waals surface area contributed by atoms with Gasteiger partial charge < -0.3 is 10.0 Å². The lowest BCUT2D eigenvalue weighted by Gasteiger charge is -2.23. The number of rotatable bonds is 3. The zero-order chi connectivity index (χ0) is 15.6. The highest BCUT2D eigenvalue weighted by Crippen LogP contribution is 2.28. The van der Waals surface area contributed by atoms with E-state index >= 15 is 0 Å². The van der Waals surface area contributed by atoms with Gasteiger partial charge in [-0.1, -0.05) is 17.7 Å². The fourth-order valence-electron chi connectivity index (χ4n) is 2.10. The summed E-state index contributed by atoms with van der Waals surface area (Å²) in [6, 6.07) is 10.1. The van der Waals surface area contributed by atoms with Crippen molar-refractivity contribution < 1.29 is 9.90 Å². The van der Waals surface area contributed by atoms with Gasteiger partial charge in [0.05, 0.1) is 10.7 Å². The molecule has 0 bridgehead atoms. The van der Waals surface area contributed by atoms with Crippen molar-refractivity contribution in [2.24, 2.45) is 0 Å². The number of hydrogen-bond acceptors (Lipinski definition) is 2. The zero-order valence-electron chi connectivity index (χ0n) is 11.7. The fourth-order valence-corrected chi connectivity index (χ4v) is 2.59. The molecule has 0 atom stereocenters. The average Bonchev–Trinajstić information content (AvgIpc) is 2.46. The zero-order valence-corrected chi connectivity index (χ0v) is 14.1. The van der Waals surface area contributed by atoms with Gasteiger partial charge in [-0.05, 0) is 59.6 Å². The standard InChI is InChI=1S/C16H15BrClNO2/c1-3-19(15-9-12(20)6-4-10(15)2)16(21)11-5-7-14(18)13(17)8-11/h4-9,20H,3H2,1-2H3. The van der Waals surface area contributed by atoms with Crippen molar-refractivity contribution in [2.75, 3.05) is 11.4 Å². The van der Waals surface area contributed by atoms with Crippen molar-refractivity contribution in [1.82, 2.24) is 0 Å². The smallest absolute Gasteiger partial charge is 0.258 e. The molecule has 0 fully saturated rings. The number of anilines is 1. The maximum Gasteiger partial charge on any atom is 0.258 e. The van der Waals surface area contributed by atoms with Crippen molar-refractivity contribution in [1.29, 1.82) is 0 Å². The summed E-state index contributed by atoms with van der Waals surface area (Å²) in [5.74, 6) is 0.00250. The Morgan fingerprint density at radius 3 is 2.62 bits per heavy atom. The van der Waals surface area contributed by atoms with Crippen molar-refractivity contribution >= 4 is 39.1 Å². The molecule has 0 saturated carbocycles. The summed E-state index contributed by atoms with van der Waals surface area (Å²) in [5.41, 5.74) is 2.17.